The van der Waals surface area contributed by atoms with Crippen LogP contribution in [0.4, 0.5) is 8.78 Å². The number of halogens is 4. The zero-order valence-electron chi connectivity index (χ0n) is 9.73. The van der Waals surface area contributed by atoms with Gasteiger partial charge in [-0.25, -0.2) is 8.78 Å². The minimum atomic E-state index is -0.684. The van der Waals surface area contributed by atoms with Crippen LogP contribution in [0.3, 0.4) is 0 Å². The topological polar surface area (TPSA) is 15.3 Å². The van der Waals surface area contributed by atoms with Crippen LogP contribution in [0, 0.1) is 5.82 Å². The highest BCUT2D eigenvalue weighted by Crippen LogP contribution is 2.35. The van der Waals surface area contributed by atoms with Gasteiger partial charge in [0.05, 0.1) is 16.1 Å². The van der Waals surface area contributed by atoms with E-state index in [1.54, 1.807) is 0 Å². The van der Waals surface area contributed by atoms with Crippen molar-refractivity contribution < 1.29 is 8.78 Å². The summed E-state index contributed by atoms with van der Waals surface area (Å²) in [6.07, 6.45) is 0. The molecule has 6 heteroatoms. The Bertz CT molecular complexity index is 423. The number of hydrogen-bond donors (Lipinski definition) is 1. The lowest BCUT2D eigenvalue weighted by Crippen LogP contribution is -2.46. The van der Waals surface area contributed by atoms with Gasteiger partial charge in [0.25, 0.3) is 0 Å². The van der Waals surface area contributed by atoms with E-state index in [2.05, 4.69) is 5.32 Å². The summed E-state index contributed by atoms with van der Waals surface area (Å²) in [6, 6.07) is 1.95. The van der Waals surface area contributed by atoms with Crippen molar-refractivity contribution in [3.8, 4) is 0 Å². The van der Waals surface area contributed by atoms with Crippen molar-refractivity contribution in [1.82, 2.24) is 10.2 Å². The van der Waals surface area contributed by atoms with E-state index in [-0.39, 0.29) is 15.6 Å². The summed E-state index contributed by atoms with van der Waals surface area (Å²) in [4.78, 5) is 1.89. The van der Waals surface area contributed by atoms with Crippen LogP contribution in [0.15, 0.2) is 12.1 Å². The van der Waals surface area contributed by atoms with Gasteiger partial charge >= 0.3 is 0 Å². The van der Waals surface area contributed by atoms with Gasteiger partial charge in [-0.1, -0.05) is 23.2 Å². The Morgan fingerprint density at radius 1 is 1.28 bits per heavy atom. The van der Waals surface area contributed by atoms with E-state index in [4.69, 9.17) is 23.2 Å². The second kappa shape index (κ2) is 6.15. The Balaban J connectivity index is 2.34. The molecular formula is C12H14Cl2F2N2. The third-order valence-electron chi connectivity index (χ3n) is 3.15. The van der Waals surface area contributed by atoms with Gasteiger partial charge < -0.3 is 5.32 Å². The minimum absolute atomic E-state index is 0.109. The maximum absolute atomic E-state index is 13.9. The van der Waals surface area contributed by atoms with Crippen LogP contribution in [0.1, 0.15) is 11.6 Å². The van der Waals surface area contributed by atoms with E-state index in [1.165, 1.54) is 12.1 Å². The molecule has 1 fully saturated rings. The summed E-state index contributed by atoms with van der Waals surface area (Å²) in [5, 5.41) is 3.53. The molecule has 0 aliphatic carbocycles. The first-order valence-corrected chi connectivity index (χ1v) is 6.55. The largest absolute Gasteiger partial charge is 0.314 e. The molecule has 18 heavy (non-hydrogen) atoms. The standard InChI is InChI=1S/C12H14Cl2F2N2/c13-8-1-2-9(16)11(12(8)14)10(7-15)18-5-3-17-4-6-18/h1-2,10,17H,3-7H2/t10-/m0/s1. The number of nitrogens with one attached hydrogen (secondary N) is 1. The van der Waals surface area contributed by atoms with Crippen molar-refractivity contribution in [2.75, 3.05) is 32.9 Å². The Kier molecular flexibility index (Phi) is 4.78. The third-order valence-corrected chi connectivity index (χ3v) is 3.97. The average molecular weight is 295 g/mol. The highest BCUT2D eigenvalue weighted by molar-refractivity contribution is 6.42. The second-order valence-corrected chi connectivity index (χ2v) is 5.00. The Morgan fingerprint density at radius 3 is 2.56 bits per heavy atom. The van der Waals surface area contributed by atoms with E-state index >= 15 is 0 Å². The van der Waals surface area contributed by atoms with Gasteiger partial charge in [-0.15, -0.1) is 0 Å². The molecule has 1 heterocycles. The molecule has 1 aliphatic heterocycles. The predicted octanol–water partition coefficient (Wildman–Crippen LogP) is 3.05. The fourth-order valence-electron chi connectivity index (χ4n) is 2.20. The fraction of sp³-hybridized carbons (Fsp3) is 0.500. The number of hydrogen-bond acceptors (Lipinski definition) is 2. The SMILES string of the molecule is FC[C@@H](c1c(F)ccc(Cl)c1Cl)N1CCNCC1. The Hall–Kier alpha value is -0.420. The number of nitrogens with zero attached hydrogens (tertiary/aromatic N) is 1. The lowest BCUT2D eigenvalue weighted by atomic mass is 10.0. The molecular weight excluding hydrogens is 281 g/mol. The molecule has 1 aromatic carbocycles. The van der Waals surface area contributed by atoms with Crippen LogP contribution < -0.4 is 5.32 Å². The first-order valence-electron chi connectivity index (χ1n) is 5.79. The molecule has 0 bridgehead atoms. The Morgan fingerprint density at radius 2 is 1.94 bits per heavy atom. The van der Waals surface area contributed by atoms with E-state index in [9.17, 15) is 8.78 Å². The molecule has 0 spiro atoms. The van der Waals surface area contributed by atoms with Crippen LogP contribution in [-0.4, -0.2) is 37.8 Å². The lowest BCUT2D eigenvalue weighted by Gasteiger charge is -2.34. The first-order chi connectivity index (χ1) is 8.65. The molecule has 0 unspecified atom stereocenters. The van der Waals surface area contributed by atoms with Gasteiger partial charge in [-0.2, -0.15) is 0 Å². The number of alkyl halides is 1. The third kappa shape index (κ3) is 2.77. The van der Waals surface area contributed by atoms with Crippen molar-refractivity contribution in [3.63, 3.8) is 0 Å². The summed E-state index contributed by atoms with van der Waals surface area (Å²) in [5.74, 6) is -0.509. The molecule has 1 aliphatic rings. The molecule has 0 radical (unpaired) electrons. The van der Waals surface area contributed by atoms with Crippen LogP contribution in [-0.2, 0) is 0 Å². The quantitative estimate of drug-likeness (QED) is 0.862. The predicted molar refractivity (Wildman–Crippen MR) is 69.6 cm³/mol. The number of benzene rings is 1. The van der Waals surface area contributed by atoms with Gasteiger partial charge in [-0.3, -0.25) is 4.90 Å². The van der Waals surface area contributed by atoms with Crippen LogP contribution in [0.25, 0.3) is 0 Å². The molecule has 1 saturated heterocycles. The maximum Gasteiger partial charge on any atom is 0.129 e. The first kappa shape index (κ1) is 14.0. The molecule has 1 aromatic rings. The molecule has 1 N–H and O–H groups in total. The van der Waals surface area contributed by atoms with Gasteiger partial charge in [0, 0.05) is 31.7 Å². The van der Waals surface area contributed by atoms with Crippen molar-refractivity contribution >= 4 is 23.2 Å². The zero-order valence-corrected chi connectivity index (χ0v) is 11.2. The minimum Gasteiger partial charge on any atom is -0.314 e. The Labute approximate surface area is 115 Å². The van der Waals surface area contributed by atoms with Crippen molar-refractivity contribution in [2.45, 2.75) is 6.04 Å². The van der Waals surface area contributed by atoms with Crippen LogP contribution in [0.2, 0.25) is 10.0 Å². The molecule has 0 amide bonds. The maximum atomic E-state index is 13.9. The number of rotatable bonds is 3. The second-order valence-electron chi connectivity index (χ2n) is 4.21. The molecule has 1 atom stereocenters. The molecule has 100 valence electrons. The smallest absolute Gasteiger partial charge is 0.129 e. The molecule has 0 aromatic heterocycles. The summed E-state index contributed by atoms with van der Waals surface area (Å²) < 4.78 is 27.2. The van der Waals surface area contributed by atoms with Crippen molar-refractivity contribution in [2.24, 2.45) is 0 Å². The summed E-state index contributed by atoms with van der Waals surface area (Å²) in [6.45, 7) is 2.16. The van der Waals surface area contributed by atoms with Gasteiger partial charge in [0.2, 0.25) is 0 Å². The molecule has 2 rings (SSSR count). The normalized spacial score (nSPS) is 18.9. The summed E-state index contributed by atoms with van der Waals surface area (Å²) in [7, 11) is 0. The number of piperazine rings is 1. The van der Waals surface area contributed by atoms with Gasteiger partial charge in [-0.05, 0) is 12.1 Å². The summed E-state index contributed by atoms with van der Waals surface area (Å²) >= 11 is 11.9. The fourth-order valence-corrected chi connectivity index (χ4v) is 2.64. The van der Waals surface area contributed by atoms with Gasteiger partial charge in [0.15, 0.2) is 0 Å². The van der Waals surface area contributed by atoms with Crippen molar-refractivity contribution in [1.29, 1.82) is 0 Å². The highest BCUT2D eigenvalue weighted by atomic mass is 35.5. The van der Waals surface area contributed by atoms with E-state index in [1.807, 2.05) is 4.90 Å². The highest BCUT2D eigenvalue weighted by Gasteiger charge is 2.27. The monoisotopic (exact) mass is 294 g/mol. The van der Waals surface area contributed by atoms with E-state index < -0.39 is 18.5 Å². The van der Waals surface area contributed by atoms with Gasteiger partial charge in [0.1, 0.15) is 12.5 Å². The zero-order chi connectivity index (χ0) is 13.1. The van der Waals surface area contributed by atoms with Crippen LogP contribution in [0.5, 0.6) is 0 Å². The molecule has 0 saturated carbocycles. The summed E-state index contributed by atoms with van der Waals surface area (Å²) in [5.41, 5.74) is 0.161. The van der Waals surface area contributed by atoms with Crippen molar-refractivity contribution in [3.05, 3.63) is 33.6 Å². The average Bonchev–Trinajstić information content (AvgIpc) is 2.40. The lowest BCUT2D eigenvalue weighted by molar-refractivity contribution is 0.144. The van der Waals surface area contributed by atoms with E-state index in [0.29, 0.717) is 13.1 Å². The molecule has 2 nitrogen and oxygen atoms in total. The van der Waals surface area contributed by atoms with Crippen LogP contribution >= 0.6 is 23.2 Å². The van der Waals surface area contributed by atoms with E-state index in [0.717, 1.165) is 13.1 Å².